The number of nitrogens with zero attached hydrogens (tertiary/aromatic N) is 5. The Bertz CT molecular complexity index is 849. The molecule has 12 heteroatoms. The molecule has 1 aliphatic heterocycles. The van der Waals surface area contributed by atoms with Crippen LogP contribution in [-0.2, 0) is 14.4 Å². The summed E-state index contributed by atoms with van der Waals surface area (Å²) in [6.45, 7) is 1.65. The zero-order chi connectivity index (χ0) is 20.4. The van der Waals surface area contributed by atoms with Crippen molar-refractivity contribution in [2.45, 2.75) is 0 Å². The van der Waals surface area contributed by atoms with E-state index in [2.05, 4.69) is 50.7 Å². The van der Waals surface area contributed by atoms with Crippen molar-refractivity contribution in [3.05, 3.63) is 39.1 Å². The molecule has 0 spiro atoms. The van der Waals surface area contributed by atoms with Gasteiger partial charge in [0.2, 0.25) is 0 Å². The van der Waals surface area contributed by atoms with E-state index in [-0.39, 0.29) is 19.8 Å². The molecule has 0 unspecified atom stereocenters. The third kappa shape index (κ3) is 6.39. The van der Waals surface area contributed by atoms with E-state index >= 15 is 0 Å². The number of benzene rings is 1. The highest BCUT2D eigenvalue weighted by atomic mass is 79.9. The maximum atomic E-state index is 9.60. The number of carbonyl (C=O) groups excluding carboxylic acids is 1. The van der Waals surface area contributed by atoms with Crippen LogP contribution >= 0.6 is 15.9 Å². The van der Waals surface area contributed by atoms with Gasteiger partial charge in [-0.1, -0.05) is 0 Å². The number of likely N-dealkylation sites (N-methyl/N-ethyl adjacent to an activating group) is 1. The summed E-state index contributed by atoms with van der Waals surface area (Å²) in [4.78, 5) is 38.1. The molecule has 28 heavy (non-hydrogen) atoms. The van der Waals surface area contributed by atoms with Crippen LogP contribution in [0.15, 0.2) is 34.0 Å². The summed E-state index contributed by atoms with van der Waals surface area (Å²) in [5.74, 6) is 0.888. The van der Waals surface area contributed by atoms with E-state index in [1.54, 1.807) is 12.4 Å². The van der Waals surface area contributed by atoms with Crippen molar-refractivity contribution in [2.75, 3.05) is 45.3 Å². The molecule has 1 aromatic carbocycles. The van der Waals surface area contributed by atoms with Crippen molar-refractivity contribution >= 4 is 44.9 Å². The summed E-state index contributed by atoms with van der Waals surface area (Å²) in [6, 6.07) is 3.93. The number of rotatable bonds is 7. The fourth-order valence-electron chi connectivity index (χ4n) is 2.19. The first kappa shape index (κ1) is 21.4. The first-order chi connectivity index (χ1) is 13.5. The van der Waals surface area contributed by atoms with E-state index < -0.39 is 5.09 Å². The van der Waals surface area contributed by atoms with Gasteiger partial charge in [0.05, 0.1) is 28.8 Å². The summed E-state index contributed by atoms with van der Waals surface area (Å²) in [5, 5.41) is 11.9. The van der Waals surface area contributed by atoms with Crippen LogP contribution in [0.4, 0.5) is 5.69 Å². The maximum absolute atomic E-state index is 9.60. The molecule has 0 saturated carbocycles. The molecule has 0 radical (unpaired) electrons. The molecule has 1 aliphatic rings. The average molecular weight is 455 g/mol. The second kappa shape index (κ2) is 11.1. The quantitative estimate of drug-likeness (QED) is 0.286. The number of fused-ring (bicyclic) bond motifs is 1. The highest BCUT2D eigenvalue weighted by molar-refractivity contribution is 9.10. The standard InChI is InChI=1S/C12H12BrN5.C4H7NO5/c1-18-7-6-16-12(18)17-8-2-3-9-11(10(8)13)15-5-4-14-9;6-1-2-9-3-4-10-5(7)8/h2-5H,6-7H2,1H3,(H,16,17);1H,2-4H2. The number of anilines is 1. The number of aliphatic imine (C=N–C) groups is 1. The number of ether oxygens (including phenoxy) is 1. The molecule has 2 aromatic rings. The van der Waals surface area contributed by atoms with Gasteiger partial charge in [-0.25, -0.2) is 0 Å². The first-order valence-corrected chi connectivity index (χ1v) is 9.02. The minimum absolute atomic E-state index is 0.0545. The molecule has 0 bridgehead atoms. The Morgan fingerprint density at radius 1 is 1.36 bits per heavy atom. The lowest BCUT2D eigenvalue weighted by Gasteiger charge is -2.16. The zero-order valence-corrected chi connectivity index (χ0v) is 16.7. The number of nitrogens with one attached hydrogen (secondary N) is 1. The van der Waals surface area contributed by atoms with Crippen LogP contribution in [0, 0.1) is 10.1 Å². The number of carbonyl (C=O) groups is 1. The van der Waals surface area contributed by atoms with E-state index in [0.717, 1.165) is 40.2 Å². The van der Waals surface area contributed by atoms with Crippen LogP contribution in [0.25, 0.3) is 11.0 Å². The second-order valence-corrected chi connectivity index (χ2v) is 6.19. The molecule has 0 amide bonds. The molecule has 0 fully saturated rings. The van der Waals surface area contributed by atoms with Crippen LogP contribution in [0.5, 0.6) is 0 Å². The van der Waals surface area contributed by atoms with E-state index in [4.69, 9.17) is 0 Å². The molecular weight excluding hydrogens is 436 g/mol. The number of guanidine groups is 1. The van der Waals surface area contributed by atoms with Gasteiger partial charge in [0, 0.05) is 26.0 Å². The monoisotopic (exact) mass is 454 g/mol. The average Bonchev–Trinajstić information content (AvgIpc) is 3.09. The lowest BCUT2D eigenvalue weighted by atomic mass is 10.2. The predicted molar refractivity (Wildman–Crippen MR) is 106 cm³/mol. The minimum Gasteiger partial charge on any atom is -0.372 e. The second-order valence-electron chi connectivity index (χ2n) is 5.40. The summed E-state index contributed by atoms with van der Waals surface area (Å²) < 4.78 is 5.45. The summed E-state index contributed by atoms with van der Waals surface area (Å²) in [6.07, 6.45) is 3.94. The van der Waals surface area contributed by atoms with Gasteiger partial charge in [0.25, 0.3) is 5.09 Å². The number of halogens is 1. The summed E-state index contributed by atoms with van der Waals surface area (Å²) in [7, 11) is 2.02. The number of aromatic nitrogens is 2. The van der Waals surface area contributed by atoms with Crippen molar-refractivity contribution in [1.29, 1.82) is 0 Å². The Kier molecular flexibility index (Phi) is 8.49. The molecule has 0 atom stereocenters. The van der Waals surface area contributed by atoms with E-state index in [1.165, 1.54) is 0 Å². The van der Waals surface area contributed by atoms with Crippen molar-refractivity contribution in [3.8, 4) is 0 Å². The van der Waals surface area contributed by atoms with Crippen molar-refractivity contribution in [3.63, 3.8) is 0 Å². The normalized spacial score (nSPS) is 12.8. The highest BCUT2D eigenvalue weighted by Crippen LogP contribution is 2.29. The van der Waals surface area contributed by atoms with Gasteiger partial charge in [-0.2, -0.15) is 0 Å². The number of aldehydes is 1. The Labute approximate surface area is 169 Å². The van der Waals surface area contributed by atoms with Gasteiger partial charge in [-0.05, 0) is 28.1 Å². The Morgan fingerprint density at radius 3 is 2.82 bits per heavy atom. The fourth-order valence-corrected chi connectivity index (χ4v) is 2.73. The third-order valence-corrected chi connectivity index (χ3v) is 4.30. The van der Waals surface area contributed by atoms with Gasteiger partial charge in [0.15, 0.2) is 5.96 Å². The molecular formula is C16H19BrN6O5. The SMILES string of the molecule is CN1CCN=C1Nc1ccc2nccnc2c1Br.O=CCOCCO[N+](=O)[O-]. The van der Waals surface area contributed by atoms with Crippen LogP contribution in [0.3, 0.4) is 0 Å². The van der Waals surface area contributed by atoms with Crippen molar-refractivity contribution < 1.29 is 19.5 Å². The van der Waals surface area contributed by atoms with Gasteiger partial charge in [-0.3, -0.25) is 15.0 Å². The van der Waals surface area contributed by atoms with Gasteiger partial charge < -0.3 is 24.6 Å². The minimum atomic E-state index is -0.912. The summed E-state index contributed by atoms with van der Waals surface area (Å²) in [5.41, 5.74) is 2.68. The molecule has 1 aromatic heterocycles. The molecule has 0 saturated heterocycles. The summed E-state index contributed by atoms with van der Waals surface area (Å²) >= 11 is 3.57. The Balaban J connectivity index is 0.000000242. The van der Waals surface area contributed by atoms with Crippen LogP contribution in [0.2, 0.25) is 0 Å². The van der Waals surface area contributed by atoms with Gasteiger partial charge >= 0.3 is 0 Å². The molecule has 3 rings (SSSR count). The smallest absolute Gasteiger partial charge is 0.294 e. The molecule has 1 N–H and O–H groups in total. The lowest BCUT2D eigenvalue weighted by molar-refractivity contribution is -0.758. The number of hydrogen-bond acceptors (Lipinski definition) is 10. The predicted octanol–water partition coefficient (Wildman–Crippen LogP) is 1.52. The fraction of sp³-hybridized carbons (Fsp3) is 0.375. The maximum Gasteiger partial charge on any atom is 0.294 e. The van der Waals surface area contributed by atoms with E-state index in [9.17, 15) is 14.9 Å². The van der Waals surface area contributed by atoms with Gasteiger partial charge in [-0.15, -0.1) is 10.1 Å². The highest BCUT2D eigenvalue weighted by Gasteiger charge is 2.14. The molecule has 150 valence electrons. The Hall–Kier alpha value is -2.86. The topological polar surface area (TPSA) is 132 Å². The zero-order valence-electron chi connectivity index (χ0n) is 15.1. The van der Waals surface area contributed by atoms with Crippen molar-refractivity contribution in [1.82, 2.24) is 14.9 Å². The lowest BCUT2D eigenvalue weighted by Crippen LogP contribution is -2.29. The molecule has 11 nitrogen and oxygen atoms in total. The molecule has 2 heterocycles. The van der Waals surface area contributed by atoms with E-state index in [0.29, 0.717) is 6.29 Å². The number of hydrogen-bond donors (Lipinski definition) is 1. The third-order valence-electron chi connectivity index (χ3n) is 3.49. The van der Waals surface area contributed by atoms with E-state index in [1.807, 2.05) is 19.2 Å². The van der Waals surface area contributed by atoms with Crippen LogP contribution in [0.1, 0.15) is 0 Å². The van der Waals surface area contributed by atoms with Crippen LogP contribution in [-0.4, -0.2) is 72.2 Å². The molecule has 0 aliphatic carbocycles. The van der Waals surface area contributed by atoms with Gasteiger partial charge in [0.1, 0.15) is 25.0 Å². The Morgan fingerprint density at radius 2 is 2.14 bits per heavy atom. The first-order valence-electron chi connectivity index (χ1n) is 8.23. The van der Waals surface area contributed by atoms with Crippen LogP contribution < -0.4 is 5.32 Å². The largest absolute Gasteiger partial charge is 0.372 e. The van der Waals surface area contributed by atoms with Crippen molar-refractivity contribution in [2.24, 2.45) is 4.99 Å².